The summed E-state index contributed by atoms with van der Waals surface area (Å²) in [5, 5.41) is 5.33. The summed E-state index contributed by atoms with van der Waals surface area (Å²) in [6.45, 7) is 2.04. The second-order valence-electron chi connectivity index (χ2n) is 6.73. The van der Waals surface area contributed by atoms with E-state index in [0.29, 0.717) is 17.4 Å². The van der Waals surface area contributed by atoms with Gasteiger partial charge >= 0.3 is 0 Å². The van der Waals surface area contributed by atoms with Gasteiger partial charge in [-0.1, -0.05) is 48.5 Å². The zero-order valence-corrected chi connectivity index (χ0v) is 17.1. The van der Waals surface area contributed by atoms with E-state index in [1.54, 1.807) is 20.4 Å². The summed E-state index contributed by atoms with van der Waals surface area (Å²) in [7, 11) is 3.22. The van der Waals surface area contributed by atoms with E-state index < -0.39 is 0 Å². The first-order chi connectivity index (χ1) is 14.7. The molecule has 4 rings (SSSR count). The van der Waals surface area contributed by atoms with Crippen LogP contribution in [-0.4, -0.2) is 30.4 Å². The Labute approximate surface area is 175 Å². The van der Waals surface area contributed by atoms with E-state index in [1.165, 1.54) is 0 Å². The second-order valence-corrected chi connectivity index (χ2v) is 6.73. The normalized spacial score (nSPS) is 11.0. The van der Waals surface area contributed by atoms with Gasteiger partial charge in [0.2, 0.25) is 5.95 Å². The number of fused-ring (bicyclic) bond motifs is 1. The zero-order chi connectivity index (χ0) is 20.9. The number of aryl methyl sites for hydroxylation is 1. The minimum atomic E-state index is 0.414. The molecule has 1 N–H and O–H groups in total. The lowest BCUT2D eigenvalue weighted by molar-refractivity contribution is 0.393. The number of hydrogen-bond donors (Lipinski definition) is 1. The van der Waals surface area contributed by atoms with Gasteiger partial charge in [-0.3, -0.25) is 0 Å². The van der Waals surface area contributed by atoms with E-state index in [9.17, 15) is 0 Å². The fraction of sp³-hybridized carbons (Fsp3) is 0.125. The fourth-order valence-electron chi connectivity index (χ4n) is 3.27. The van der Waals surface area contributed by atoms with Crippen LogP contribution in [0.5, 0.6) is 11.5 Å². The van der Waals surface area contributed by atoms with Gasteiger partial charge in [-0.15, -0.1) is 0 Å². The molecule has 0 aliphatic heterocycles. The van der Waals surface area contributed by atoms with Crippen molar-refractivity contribution in [1.29, 1.82) is 0 Å². The van der Waals surface area contributed by atoms with Crippen molar-refractivity contribution in [3.63, 3.8) is 0 Å². The van der Waals surface area contributed by atoms with Crippen molar-refractivity contribution >= 4 is 23.1 Å². The number of rotatable bonds is 6. The third-order valence-electron chi connectivity index (χ3n) is 4.72. The molecule has 0 unspecified atom stereocenters. The first kappa shape index (κ1) is 19.4. The van der Waals surface area contributed by atoms with Crippen molar-refractivity contribution in [2.24, 2.45) is 5.10 Å². The molecule has 0 atom stereocenters. The highest BCUT2D eigenvalue weighted by atomic mass is 16.5. The molecule has 0 saturated heterocycles. The average Bonchev–Trinajstić information content (AvgIpc) is 2.78. The number of nitrogens with zero attached hydrogens (tertiary/aromatic N) is 3. The molecule has 6 nitrogen and oxygen atoms in total. The molecule has 0 bridgehead atoms. The van der Waals surface area contributed by atoms with Crippen LogP contribution in [0.1, 0.15) is 11.1 Å². The van der Waals surface area contributed by atoms with E-state index in [-0.39, 0.29) is 0 Å². The Morgan fingerprint density at radius 3 is 2.30 bits per heavy atom. The van der Waals surface area contributed by atoms with E-state index in [2.05, 4.69) is 27.6 Å². The van der Waals surface area contributed by atoms with Crippen LogP contribution in [0.2, 0.25) is 0 Å². The molecule has 1 aromatic heterocycles. The Balaban J connectivity index is 1.73. The van der Waals surface area contributed by atoms with Crippen LogP contribution < -0.4 is 14.9 Å². The lowest BCUT2D eigenvalue weighted by atomic mass is 10.1. The zero-order valence-electron chi connectivity index (χ0n) is 17.1. The molecule has 0 amide bonds. The molecule has 30 heavy (non-hydrogen) atoms. The van der Waals surface area contributed by atoms with Crippen molar-refractivity contribution in [1.82, 2.24) is 9.97 Å². The minimum Gasteiger partial charge on any atom is -0.496 e. The number of hydrogen-bond acceptors (Lipinski definition) is 6. The maximum absolute atomic E-state index is 5.41. The molecule has 0 spiro atoms. The van der Waals surface area contributed by atoms with Gasteiger partial charge in [-0.25, -0.2) is 15.4 Å². The quantitative estimate of drug-likeness (QED) is 0.363. The van der Waals surface area contributed by atoms with Crippen molar-refractivity contribution in [3.8, 4) is 22.8 Å². The van der Waals surface area contributed by atoms with Crippen LogP contribution in [0.15, 0.2) is 71.8 Å². The molecule has 0 aliphatic carbocycles. The summed E-state index contributed by atoms with van der Waals surface area (Å²) < 4.78 is 10.8. The molecule has 0 aliphatic rings. The highest BCUT2D eigenvalue weighted by molar-refractivity contribution is 5.93. The molecular weight excluding hydrogens is 376 g/mol. The third-order valence-corrected chi connectivity index (χ3v) is 4.72. The first-order valence-electron chi connectivity index (χ1n) is 9.53. The second kappa shape index (κ2) is 8.61. The number of hydrazone groups is 1. The summed E-state index contributed by atoms with van der Waals surface area (Å²) in [4.78, 5) is 9.36. The topological polar surface area (TPSA) is 68.6 Å². The van der Waals surface area contributed by atoms with Gasteiger partial charge < -0.3 is 9.47 Å². The van der Waals surface area contributed by atoms with E-state index in [0.717, 1.165) is 33.3 Å². The smallest absolute Gasteiger partial charge is 0.244 e. The molecule has 6 heteroatoms. The molecule has 0 fully saturated rings. The average molecular weight is 398 g/mol. The van der Waals surface area contributed by atoms with E-state index >= 15 is 0 Å². The van der Waals surface area contributed by atoms with Crippen LogP contribution in [0.3, 0.4) is 0 Å². The van der Waals surface area contributed by atoms with Crippen LogP contribution in [0, 0.1) is 6.92 Å². The number of ether oxygens (including phenoxy) is 2. The summed E-state index contributed by atoms with van der Waals surface area (Å²) in [5.41, 5.74) is 7.55. The number of benzene rings is 3. The lowest BCUT2D eigenvalue weighted by Crippen LogP contribution is -2.01. The maximum atomic E-state index is 5.41. The van der Waals surface area contributed by atoms with Gasteiger partial charge in [0.15, 0.2) is 0 Å². The van der Waals surface area contributed by atoms with Crippen molar-refractivity contribution in [2.45, 2.75) is 6.92 Å². The van der Waals surface area contributed by atoms with Gasteiger partial charge in [-0.2, -0.15) is 5.10 Å². The number of aromatic nitrogens is 2. The van der Waals surface area contributed by atoms with Gasteiger partial charge in [-0.05, 0) is 30.7 Å². The van der Waals surface area contributed by atoms with Gasteiger partial charge in [0.25, 0.3) is 0 Å². The molecular formula is C24H22N4O2. The number of nitrogens with one attached hydrogen (secondary N) is 1. The molecule has 0 radical (unpaired) electrons. The summed E-state index contributed by atoms with van der Waals surface area (Å²) >= 11 is 0. The molecule has 4 aromatic rings. The standard InChI is InChI=1S/C24H22N4O2/c1-16-12-13-18-20(14-16)26-24(27-23(18)17-8-5-4-6-9-17)28-25-15-19-21(29-2)10-7-11-22(19)30-3/h4-15H,1-3H3,(H,26,27,28)/b25-15+. The Hall–Kier alpha value is -3.93. The summed E-state index contributed by atoms with van der Waals surface area (Å²) in [6, 6.07) is 21.8. The monoisotopic (exact) mass is 398 g/mol. The minimum absolute atomic E-state index is 0.414. The Bertz CT molecular complexity index is 1180. The van der Waals surface area contributed by atoms with Crippen molar-refractivity contribution < 1.29 is 9.47 Å². The molecule has 3 aromatic carbocycles. The first-order valence-corrected chi connectivity index (χ1v) is 9.53. The highest BCUT2D eigenvalue weighted by Crippen LogP contribution is 2.28. The number of anilines is 1. The van der Waals surface area contributed by atoms with Crippen LogP contribution >= 0.6 is 0 Å². The third kappa shape index (κ3) is 3.93. The molecule has 0 saturated carbocycles. The SMILES string of the molecule is COc1cccc(OC)c1/C=N/Nc1nc(-c2ccccc2)c2ccc(C)cc2n1. The highest BCUT2D eigenvalue weighted by Gasteiger charge is 2.11. The Morgan fingerprint density at radius 1 is 0.867 bits per heavy atom. The Morgan fingerprint density at radius 2 is 1.60 bits per heavy atom. The molecule has 1 heterocycles. The fourth-order valence-corrected chi connectivity index (χ4v) is 3.27. The molecule has 150 valence electrons. The van der Waals surface area contributed by atoms with Gasteiger partial charge in [0.05, 0.1) is 37.2 Å². The van der Waals surface area contributed by atoms with Crippen LogP contribution in [0.25, 0.3) is 22.2 Å². The van der Waals surface area contributed by atoms with Crippen molar-refractivity contribution in [2.75, 3.05) is 19.6 Å². The lowest BCUT2D eigenvalue weighted by Gasteiger charge is -2.10. The van der Waals surface area contributed by atoms with Crippen molar-refractivity contribution in [3.05, 3.63) is 77.9 Å². The summed E-state index contributed by atoms with van der Waals surface area (Å²) in [6.07, 6.45) is 1.64. The van der Waals surface area contributed by atoms with Gasteiger partial charge in [0, 0.05) is 10.9 Å². The van der Waals surface area contributed by atoms with Crippen LogP contribution in [-0.2, 0) is 0 Å². The predicted octanol–water partition coefficient (Wildman–Crippen LogP) is 5.07. The summed E-state index contributed by atoms with van der Waals surface area (Å²) in [5.74, 6) is 1.75. The van der Waals surface area contributed by atoms with E-state index in [1.807, 2.05) is 61.5 Å². The number of methoxy groups -OCH3 is 2. The largest absolute Gasteiger partial charge is 0.496 e. The van der Waals surface area contributed by atoms with Crippen LogP contribution in [0.4, 0.5) is 5.95 Å². The predicted molar refractivity (Wildman–Crippen MR) is 120 cm³/mol. The van der Waals surface area contributed by atoms with E-state index in [4.69, 9.17) is 14.5 Å². The Kier molecular flexibility index (Phi) is 5.57. The van der Waals surface area contributed by atoms with Gasteiger partial charge in [0.1, 0.15) is 11.5 Å². The maximum Gasteiger partial charge on any atom is 0.244 e.